The number of carbonyl (C=O) groups excluding carboxylic acids is 2. The van der Waals surface area contributed by atoms with Crippen LogP contribution in [0.2, 0.25) is 0 Å². The Morgan fingerprint density at radius 2 is 1.70 bits per heavy atom. The largest absolute Gasteiger partial charge is 0.454 e. The molecule has 0 atom stereocenters. The van der Waals surface area contributed by atoms with Gasteiger partial charge in [0.2, 0.25) is 12.7 Å². The molecule has 168 valence electrons. The molecule has 0 radical (unpaired) electrons. The van der Waals surface area contributed by atoms with Gasteiger partial charge in [-0.05, 0) is 66.8 Å². The summed E-state index contributed by atoms with van der Waals surface area (Å²) < 4.78 is 10.9. The molecule has 5 rings (SSSR count). The van der Waals surface area contributed by atoms with Gasteiger partial charge in [-0.2, -0.15) is 0 Å². The van der Waals surface area contributed by atoms with E-state index < -0.39 is 5.41 Å². The van der Waals surface area contributed by atoms with Crippen molar-refractivity contribution in [2.45, 2.75) is 25.2 Å². The van der Waals surface area contributed by atoms with Crippen LogP contribution in [-0.2, 0) is 10.2 Å². The maximum absolute atomic E-state index is 13.2. The number of anilines is 1. The second kappa shape index (κ2) is 7.92. The molecule has 1 fully saturated rings. The summed E-state index contributed by atoms with van der Waals surface area (Å²) in [5, 5.41) is 3.02. The molecule has 2 heterocycles. The first kappa shape index (κ1) is 21.0. The lowest BCUT2D eigenvalue weighted by molar-refractivity contribution is -0.118. The molecule has 0 bridgehead atoms. The molecule has 1 saturated carbocycles. The first-order chi connectivity index (χ1) is 15.9. The molecule has 33 heavy (non-hydrogen) atoms. The highest BCUT2D eigenvalue weighted by Gasteiger charge is 2.51. The van der Waals surface area contributed by atoms with Gasteiger partial charge in [-0.25, -0.2) is 4.98 Å². The van der Waals surface area contributed by atoms with E-state index >= 15 is 0 Å². The van der Waals surface area contributed by atoms with Crippen LogP contribution in [0, 0.1) is 6.92 Å². The number of amides is 2. The molecule has 7 heteroatoms. The average molecular weight is 444 g/mol. The molecule has 1 aliphatic carbocycles. The predicted molar refractivity (Wildman–Crippen MR) is 125 cm³/mol. The minimum atomic E-state index is -0.553. The van der Waals surface area contributed by atoms with Crippen molar-refractivity contribution in [3.63, 3.8) is 0 Å². The van der Waals surface area contributed by atoms with Gasteiger partial charge in [0.05, 0.1) is 5.41 Å². The summed E-state index contributed by atoms with van der Waals surface area (Å²) in [6, 6.07) is 15.1. The smallest absolute Gasteiger partial charge is 0.253 e. The maximum Gasteiger partial charge on any atom is 0.253 e. The van der Waals surface area contributed by atoms with Crippen LogP contribution in [0.1, 0.15) is 34.3 Å². The maximum atomic E-state index is 13.2. The van der Waals surface area contributed by atoms with Crippen LogP contribution in [0.25, 0.3) is 11.1 Å². The van der Waals surface area contributed by atoms with Crippen LogP contribution in [0.3, 0.4) is 0 Å². The van der Waals surface area contributed by atoms with Crippen molar-refractivity contribution >= 4 is 17.6 Å². The minimum Gasteiger partial charge on any atom is -0.454 e. The van der Waals surface area contributed by atoms with Crippen molar-refractivity contribution < 1.29 is 19.1 Å². The van der Waals surface area contributed by atoms with Crippen molar-refractivity contribution in [3.8, 4) is 22.6 Å². The quantitative estimate of drug-likeness (QED) is 0.641. The molecule has 2 amide bonds. The zero-order valence-corrected chi connectivity index (χ0v) is 18.8. The lowest BCUT2D eigenvalue weighted by Gasteiger charge is -2.17. The Bertz CT molecular complexity index is 1250. The topological polar surface area (TPSA) is 80.8 Å². The summed E-state index contributed by atoms with van der Waals surface area (Å²) in [6.07, 6.45) is 3.31. The number of aryl methyl sites for hydroxylation is 1. The highest BCUT2D eigenvalue weighted by Crippen LogP contribution is 2.51. The third-order valence-electron chi connectivity index (χ3n) is 6.29. The summed E-state index contributed by atoms with van der Waals surface area (Å²) in [6.45, 7) is 2.14. The van der Waals surface area contributed by atoms with E-state index in [4.69, 9.17) is 9.47 Å². The van der Waals surface area contributed by atoms with E-state index in [0.717, 1.165) is 35.1 Å². The van der Waals surface area contributed by atoms with Crippen molar-refractivity contribution in [3.05, 3.63) is 71.4 Å². The number of ether oxygens (including phenoxy) is 2. The predicted octanol–water partition coefficient (Wildman–Crippen LogP) is 4.16. The molecule has 0 saturated heterocycles. The summed E-state index contributed by atoms with van der Waals surface area (Å²) in [4.78, 5) is 31.4. The molecule has 1 N–H and O–H groups in total. The van der Waals surface area contributed by atoms with Gasteiger partial charge >= 0.3 is 0 Å². The van der Waals surface area contributed by atoms with Gasteiger partial charge in [0.1, 0.15) is 5.82 Å². The molecule has 2 aliphatic rings. The monoisotopic (exact) mass is 443 g/mol. The summed E-state index contributed by atoms with van der Waals surface area (Å²) in [5.41, 5.74) is 3.77. The molecular formula is C26H25N3O4. The van der Waals surface area contributed by atoms with Crippen molar-refractivity contribution in [1.82, 2.24) is 9.88 Å². The zero-order valence-electron chi connectivity index (χ0n) is 18.8. The fraction of sp³-hybridized carbons (Fsp3) is 0.269. The molecule has 1 aromatic heterocycles. The zero-order chi connectivity index (χ0) is 23.2. The van der Waals surface area contributed by atoms with Gasteiger partial charge < -0.3 is 19.7 Å². The molecule has 2 aromatic carbocycles. The van der Waals surface area contributed by atoms with Crippen molar-refractivity contribution in [2.75, 3.05) is 26.2 Å². The van der Waals surface area contributed by atoms with Crippen LogP contribution in [0.5, 0.6) is 11.5 Å². The second-order valence-corrected chi connectivity index (χ2v) is 8.77. The normalized spacial score (nSPS) is 15.1. The number of rotatable bonds is 5. The Kier molecular flexibility index (Phi) is 5.04. The van der Waals surface area contributed by atoms with Crippen LogP contribution in [-0.4, -0.2) is 42.6 Å². The molecule has 3 aromatic rings. The number of nitrogens with zero attached hydrogens (tertiary/aromatic N) is 2. The SMILES string of the molecule is Cc1cc(-c2ccc(C(=O)N(C)C)cc2)cnc1NC(=O)C1(c2ccc3c(c2)OCO3)CC1. The number of nitrogens with one attached hydrogen (secondary N) is 1. The van der Waals surface area contributed by atoms with E-state index in [9.17, 15) is 9.59 Å². The molecule has 1 aliphatic heterocycles. The number of aromatic nitrogens is 1. The van der Waals surface area contributed by atoms with Gasteiger partial charge in [-0.15, -0.1) is 0 Å². The molecular weight excluding hydrogens is 418 g/mol. The Morgan fingerprint density at radius 1 is 0.970 bits per heavy atom. The van der Waals surface area contributed by atoms with Crippen molar-refractivity contribution in [2.24, 2.45) is 0 Å². The Labute approximate surface area is 192 Å². The average Bonchev–Trinajstić information content (AvgIpc) is 3.50. The fourth-order valence-corrected chi connectivity index (χ4v) is 4.12. The Balaban J connectivity index is 1.33. The van der Waals surface area contributed by atoms with Crippen LogP contribution >= 0.6 is 0 Å². The number of hydrogen-bond acceptors (Lipinski definition) is 5. The van der Waals surface area contributed by atoms with Gasteiger partial charge in [0.15, 0.2) is 11.5 Å². The van der Waals surface area contributed by atoms with E-state index in [1.54, 1.807) is 25.2 Å². The standard InChI is InChI=1S/C26H25N3O4/c1-16-12-19(17-4-6-18(7-5-17)24(30)29(2)3)14-27-23(16)28-25(31)26(10-11-26)20-8-9-21-22(13-20)33-15-32-21/h4-9,12-14H,10-11,15H2,1-3H3,(H,27,28,31). The van der Waals surface area contributed by atoms with Crippen molar-refractivity contribution in [1.29, 1.82) is 0 Å². The fourth-order valence-electron chi connectivity index (χ4n) is 4.12. The number of pyridine rings is 1. The van der Waals surface area contributed by atoms with Gasteiger partial charge in [0, 0.05) is 31.4 Å². The lowest BCUT2D eigenvalue weighted by Crippen LogP contribution is -2.28. The lowest BCUT2D eigenvalue weighted by atomic mass is 9.94. The number of hydrogen-bond donors (Lipinski definition) is 1. The first-order valence-corrected chi connectivity index (χ1v) is 10.9. The third-order valence-corrected chi connectivity index (χ3v) is 6.29. The first-order valence-electron chi connectivity index (χ1n) is 10.9. The van der Waals surface area contributed by atoms with Gasteiger partial charge in [-0.1, -0.05) is 18.2 Å². The summed E-state index contributed by atoms with van der Waals surface area (Å²) in [5.74, 6) is 1.85. The van der Waals surface area contributed by atoms with E-state index in [0.29, 0.717) is 22.9 Å². The van der Waals surface area contributed by atoms with Gasteiger partial charge in [0.25, 0.3) is 5.91 Å². The van der Waals surface area contributed by atoms with E-state index in [2.05, 4.69) is 10.3 Å². The Hall–Kier alpha value is -3.87. The minimum absolute atomic E-state index is 0.0367. The summed E-state index contributed by atoms with van der Waals surface area (Å²) >= 11 is 0. The second-order valence-electron chi connectivity index (χ2n) is 8.77. The van der Waals surface area contributed by atoms with Crippen LogP contribution in [0.4, 0.5) is 5.82 Å². The number of benzene rings is 2. The van der Waals surface area contributed by atoms with Gasteiger partial charge in [-0.3, -0.25) is 9.59 Å². The number of fused-ring (bicyclic) bond motifs is 1. The van der Waals surface area contributed by atoms with E-state index in [1.165, 1.54) is 0 Å². The van der Waals surface area contributed by atoms with Crippen LogP contribution in [0.15, 0.2) is 54.7 Å². The van der Waals surface area contributed by atoms with Crippen LogP contribution < -0.4 is 14.8 Å². The highest BCUT2D eigenvalue weighted by molar-refractivity contribution is 6.01. The third kappa shape index (κ3) is 3.80. The molecule has 0 spiro atoms. The highest BCUT2D eigenvalue weighted by atomic mass is 16.7. The van der Waals surface area contributed by atoms with E-state index in [-0.39, 0.29) is 18.6 Å². The number of carbonyl (C=O) groups is 2. The molecule has 7 nitrogen and oxygen atoms in total. The Morgan fingerprint density at radius 3 is 2.36 bits per heavy atom. The summed E-state index contributed by atoms with van der Waals surface area (Å²) in [7, 11) is 3.46. The molecule has 0 unspecified atom stereocenters. The van der Waals surface area contributed by atoms with E-state index in [1.807, 2.05) is 55.5 Å².